The topological polar surface area (TPSA) is 77.5 Å². The number of esters is 1. The molecule has 154 valence electrons. The number of thiazole rings is 1. The molecular formula is C22H19BrN2O4S. The van der Waals surface area contributed by atoms with Gasteiger partial charge in [0.15, 0.2) is 0 Å². The summed E-state index contributed by atoms with van der Waals surface area (Å²) in [6.07, 6.45) is 1.57. The lowest BCUT2D eigenvalue weighted by Crippen LogP contribution is -2.26. The Morgan fingerprint density at radius 2 is 1.97 bits per heavy atom. The first-order valence-electron chi connectivity index (χ1n) is 8.96. The Labute approximate surface area is 186 Å². The maximum Gasteiger partial charge on any atom is 0.355 e. The van der Waals surface area contributed by atoms with Crippen molar-refractivity contribution < 1.29 is 19.1 Å². The van der Waals surface area contributed by atoms with Crippen LogP contribution in [0.2, 0.25) is 0 Å². The number of methoxy groups -OCH3 is 1. The molecule has 0 spiro atoms. The summed E-state index contributed by atoms with van der Waals surface area (Å²) in [6, 6.07) is 14.9. The largest absolute Gasteiger partial charge is 0.496 e. The van der Waals surface area contributed by atoms with Crippen molar-refractivity contribution in [3.8, 4) is 16.3 Å². The number of hydrogen-bond acceptors (Lipinski definition) is 6. The van der Waals surface area contributed by atoms with E-state index >= 15 is 0 Å². The summed E-state index contributed by atoms with van der Waals surface area (Å²) in [4.78, 5) is 28.5. The van der Waals surface area contributed by atoms with Gasteiger partial charge in [-0.3, -0.25) is 4.79 Å². The molecule has 0 saturated carbocycles. The molecule has 0 atom stereocenters. The van der Waals surface area contributed by atoms with E-state index in [1.807, 2.05) is 53.9 Å². The molecule has 0 saturated heterocycles. The number of rotatable bonds is 7. The fourth-order valence-electron chi connectivity index (χ4n) is 2.61. The average Bonchev–Trinajstić information content (AvgIpc) is 3.21. The quantitative estimate of drug-likeness (QED) is 0.383. The van der Waals surface area contributed by atoms with Crippen molar-refractivity contribution >= 4 is 45.2 Å². The summed E-state index contributed by atoms with van der Waals surface area (Å²) < 4.78 is 11.7. The molecule has 0 aliphatic heterocycles. The van der Waals surface area contributed by atoms with Crippen LogP contribution in [0.5, 0.6) is 5.75 Å². The Morgan fingerprint density at radius 1 is 1.20 bits per heavy atom. The van der Waals surface area contributed by atoms with Crippen LogP contribution >= 0.6 is 27.3 Å². The van der Waals surface area contributed by atoms with Gasteiger partial charge in [0.1, 0.15) is 23.1 Å². The molecule has 0 radical (unpaired) electrons. The average molecular weight is 487 g/mol. The molecule has 0 aliphatic carbocycles. The van der Waals surface area contributed by atoms with Crippen LogP contribution in [0.3, 0.4) is 0 Å². The first kappa shape index (κ1) is 21.7. The fraction of sp³-hybridized carbons (Fsp3) is 0.136. The third-order valence-corrected chi connectivity index (χ3v) is 5.35. The highest BCUT2D eigenvalue weighted by atomic mass is 79.9. The minimum absolute atomic E-state index is 0.0165. The monoisotopic (exact) mass is 486 g/mol. The van der Waals surface area contributed by atoms with Gasteiger partial charge < -0.3 is 14.8 Å². The highest BCUT2D eigenvalue weighted by molar-refractivity contribution is 9.10. The van der Waals surface area contributed by atoms with E-state index in [1.54, 1.807) is 13.2 Å². The maximum atomic E-state index is 12.5. The van der Waals surface area contributed by atoms with Crippen molar-refractivity contribution in [2.45, 2.75) is 13.5 Å². The number of nitrogens with zero attached hydrogens (tertiary/aromatic N) is 1. The van der Waals surface area contributed by atoms with Crippen LogP contribution in [-0.4, -0.2) is 24.0 Å². The Bertz CT molecular complexity index is 1080. The number of ether oxygens (including phenoxy) is 2. The summed E-state index contributed by atoms with van der Waals surface area (Å²) in [6.45, 7) is 1.32. The molecule has 0 fully saturated rings. The smallest absolute Gasteiger partial charge is 0.355 e. The van der Waals surface area contributed by atoms with Gasteiger partial charge in [-0.05, 0) is 29.8 Å². The zero-order chi connectivity index (χ0) is 21.5. The Balaban J connectivity index is 1.73. The van der Waals surface area contributed by atoms with Crippen molar-refractivity contribution in [1.82, 2.24) is 10.3 Å². The minimum atomic E-state index is -0.636. The second-order valence-corrected chi connectivity index (χ2v) is 7.99. The van der Waals surface area contributed by atoms with Gasteiger partial charge in [-0.2, -0.15) is 0 Å². The van der Waals surface area contributed by atoms with Gasteiger partial charge in [0.25, 0.3) is 0 Å². The van der Waals surface area contributed by atoms with E-state index in [4.69, 9.17) is 9.47 Å². The molecule has 30 heavy (non-hydrogen) atoms. The first-order chi connectivity index (χ1) is 14.5. The third kappa shape index (κ3) is 5.77. The lowest BCUT2D eigenvalue weighted by atomic mass is 10.2. The molecule has 3 rings (SSSR count). The molecule has 1 N–H and O–H groups in total. The maximum absolute atomic E-state index is 12.5. The molecule has 0 unspecified atom stereocenters. The van der Waals surface area contributed by atoms with Crippen LogP contribution in [0.1, 0.15) is 18.2 Å². The molecule has 6 nitrogen and oxygen atoms in total. The number of carbonyl (C=O) groups excluding carboxylic acids is 2. The molecular weight excluding hydrogens is 468 g/mol. The number of benzene rings is 2. The number of halogens is 1. The number of carbonyl (C=O) groups is 2. The molecule has 1 aromatic heterocycles. The van der Waals surface area contributed by atoms with Crippen LogP contribution in [-0.2, 0) is 20.9 Å². The van der Waals surface area contributed by atoms with E-state index in [1.165, 1.54) is 18.3 Å². The zero-order valence-electron chi connectivity index (χ0n) is 16.3. The van der Waals surface area contributed by atoms with E-state index in [0.29, 0.717) is 11.4 Å². The number of nitrogens with one attached hydrogen (secondary N) is 1. The molecule has 0 aliphatic rings. The minimum Gasteiger partial charge on any atom is -0.496 e. The Morgan fingerprint density at radius 3 is 2.67 bits per heavy atom. The van der Waals surface area contributed by atoms with E-state index in [9.17, 15) is 9.59 Å². The fourth-order valence-corrected chi connectivity index (χ4v) is 3.80. The second-order valence-electron chi connectivity index (χ2n) is 6.21. The molecule has 1 heterocycles. The van der Waals surface area contributed by atoms with Gasteiger partial charge in [-0.25, -0.2) is 9.78 Å². The van der Waals surface area contributed by atoms with Crippen LogP contribution < -0.4 is 10.1 Å². The summed E-state index contributed by atoms with van der Waals surface area (Å²) in [7, 11) is 1.60. The first-order valence-corrected chi connectivity index (χ1v) is 10.6. The van der Waals surface area contributed by atoms with Gasteiger partial charge in [0.05, 0.1) is 18.4 Å². The van der Waals surface area contributed by atoms with Crippen LogP contribution in [0.15, 0.2) is 64.1 Å². The van der Waals surface area contributed by atoms with E-state index < -0.39 is 5.97 Å². The van der Waals surface area contributed by atoms with E-state index in [2.05, 4.69) is 26.2 Å². The van der Waals surface area contributed by atoms with Crippen LogP contribution in [0, 0.1) is 0 Å². The second kappa shape index (κ2) is 10.2. The Hall–Kier alpha value is -2.97. The molecule has 2 aromatic carbocycles. The van der Waals surface area contributed by atoms with Crippen molar-refractivity contribution in [3.63, 3.8) is 0 Å². The van der Waals surface area contributed by atoms with Crippen molar-refractivity contribution in [2.24, 2.45) is 0 Å². The lowest BCUT2D eigenvalue weighted by molar-refractivity contribution is -0.141. The summed E-state index contributed by atoms with van der Waals surface area (Å²) >= 11 is 4.88. The van der Waals surface area contributed by atoms with Gasteiger partial charge >= 0.3 is 5.97 Å². The van der Waals surface area contributed by atoms with Crippen molar-refractivity contribution in [1.29, 1.82) is 0 Å². The predicted octanol–water partition coefficient (Wildman–Crippen LogP) is 4.80. The highest BCUT2D eigenvalue weighted by Crippen LogP contribution is 2.34. The van der Waals surface area contributed by atoms with Crippen LogP contribution in [0.25, 0.3) is 16.6 Å². The summed E-state index contributed by atoms with van der Waals surface area (Å²) in [5.74, 6) is -0.287. The standard InChI is InChI=1S/C22H19BrN2O4S/c1-14(26)24-19(10-15-6-4-3-5-7-15)22(27)29-12-17-13-30-21(25-17)18-11-16(23)8-9-20(18)28-2/h3-11,13H,12H2,1-2H3,(H,24,26)/b19-10-. The van der Waals surface area contributed by atoms with Gasteiger partial charge in [-0.1, -0.05) is 46.3 Å². The van der Waals surface area contributed by atoms with E-state index in [-0.39, 0.29) is 18.2 Å². The van der Waals surface area contributed by atoms with E-state index in [0.717, 1.165) is 20.6 Å². The van der Waals surface area contributed by atoms with Gasteiger partial charge in [0, 0.05) is 16.8 Å². The summed E-state index contributed by atoms with van der Waals surface area (Å²) in [5, 5.41) is 5.10. The Kier molecular flexibility index (Phi) is 7.37. The number of hydrogen-bond donors (Lipinski definition) is 1. The van der Waals surface area contributed by atoms with Crippen molar-refractivity contribution in [2.75, 3.05) is 7.11 Å². The predicted molar refractivity (Wildman–Crippen MR) is 120 cm³/mol. The van der Waals surface area contributed by atoms with Gasteiger partial charge in [-0.15, -0.1) is 11.3 Å². The number of amides is 1. The van der Waals surface area contributed by atoms with Crippen LogP contribution in [0.4, 0.5) is 0 Å². The normalized spacial score (nSPS) is 11.1. The highest BCUT2D eigenvalue weighted by Gasteiger charge is 2.15. The lowest BCUT2D eigenvalue weighted by Gasteiger charge is -2.08. The molecule has 8 heteroatoms. The molecule has 0 bridgehead atoms. The van der Waals surface area contributed by atoms with Gasteiger partial charge in [0.2, 0.25) is 5.91 Å². The SMILES string of the molecule is COc1ccc(Br)cc1-c1nc(COC(=O)/C(=C/c2ccccc2)NC(C)=O)cs1. The van der Waals surface area contributed by atoms with Crippen molar-refractivity contribution in [3.05, 3.63) is 75.3 Å². The zero-order valence-corrected chi connectivity index (χ0v) is 18.7. The third-order valence-electron chi connectivity index (χ3n) is 3.94. The molecule has 1 amide bonds. The number of aromatic nitrogens is 1. The summed E-state index contributed by atoms with van der Waals surface area (Å²) in [5.41, 5.74) is 2.29. The molecule has 3 aromatic rings.